The molecule has 0 N–H and O–H groups in total. The Morgan fingerprint density at radius 1 is 1.21 bits per heavy atom. The van der Waals surface area contributed by atoms with E-state index in [-0.39, 0.29) is 16.7 Å². The maximum absolute atomic E-state index is 13.7. The lowest BCUT2D eigenvalue weighted by Gasteiger charge is -2.22. The van der Waals surface area contributed by atoms with Crippen LogP contribution in [0.15, 0.2) is 34.2 Å². The van der Waals surface area contributed by atoms with Crippen molar-refractivity contribution in [1.29, 1.82) is 0 Å². The first-order chi connectivity index (χ1) is 16.4. The predicted octanol–water partition coefficient (Wildman–Crippen LogP) is 4.36. The van der Waals surface area contributed by atoms with Crippen LogP contribution in [0.3, 0.4) is 0 Å². The van der Waals surface area contributed by atoms with Gasteiger partial charge in [0.05, 0.1) is 10.6 Å². The third-order valence-corrected chi connectivity index (χ3v) is 9.07. The Hall–Kier alpha value is -2.16. The number of hydrogen-bond acceptors (Lipinski definition) is 6. The Morgan fingerprint density at radius 2 is 2.00 bits per heavy atom. The van der Waals surface area contributed by atoms with Gasteiger partial charge in [0.25, 0.3) is 5.56 Å². The van der Waals surface area contributed by atoms with Gasteiger partial charge in [-0.2, -0.15) is 0 Å². The third-order valence-electron chi connectivity index (χ3n) is 6.81. The molecule has 6 nitrogen and oxygen atoms in total. The molecular weight excluding hydrogens is 464 g/mol. The van der Waals surface area contributed by atoms with Crippen LogP contribution in [0.5, 0.6) is 0 Å². The normalized spacial score (nSPS) is 16.2. The van der Waals surface area contributed by atoms with Crippen LogP contribution in [-0.2, 0) is 30.6 Å². The second kappa shape index (κ2) is 9.84. The van der Waals surface area contributed by atoms with E-state index in [4.69, 9.17) is 4.98 Å². The molecular formula is C26H32N4O2S2. The van der Waals surface area contributed by atoms with Gasteiger partial charge in [0.1, 0.15) is 4.83 Å². The second-order valence-corrected chi connectivity index (χ2v) is 11.9. The fourth-order valence-corrected chi connectivity index (χ4v) is 7.35. The molecule has 0 bridgehead atoms. The number of aryl methyl sites for hydroxylation is 2. The summed E-state index contributed by atoms with van der Waals surface area (Å²) in [5, 5.41) is 1.16. The molecule has 1 atom stereocenters. The number of anilines is 1. The molecule has 0 unspecified atom stereocenters. The molecule has 1 aliphatic heterocycles. The van der Waals surface area contributed by atoms with Crippen LogP contribution in [0, 0.1) is 0 Å². The lowest BCUT2D eigenvalue weighted by atomic mass is 9.97. The van der Waals surface area contributed by atoms with Gasteiger partial charge in [0, 0.05) is 23.7 Å². The van der Waals surface area contributed by atoms with Crippen molar-refractivity contribution in [2.75, 3.05) is 32.1 Å². The number of rotatable bonds is 7. The lowest BCUT2D eigenvalue weighted by molar-refractivity contribution is -0.117. The van der Waals surface area contributed by atoms with Crippen LogP contribution >= 0.6 is 23.1 Å². The molecule has 2 aliphatic rings. The molecule has 180 valence electrons. The highest BCUT2D eigenvalue weighted by Gasteiger charge is 2.30. The lowest BCUT2D eigenvalue weighted by Crippen LogP contribution is -2.36. The van der Waals surface area contributed by atoms with Gasteiger partial charge in [-0.25, -0.2) is 4.98 Å². The van der Waals surface area contributed by atoms with E-state index in [9.17, 15) is 9.59 Å². The molecule has 1 amide bonds. The molecule has 34 heavy (non-hydrogen) atoms. The molecule has 0 spiro atoms. The Morgan fingerprint density at radius 3 is 2.82 bits per heavy atom. The molecule has 1 aliphatic carbocycles. The number of benzene rings is 1. The van der Waals surface area contributed by atoms with Crippen LogP contribution < -0.4 is 10.5 Å². The number of nitrogens with zero attached hydrogens (tertiary/aromatic N) is 4. The summed E-state index contributed by atoms with van der Waals surface area (Å²) in [5.41, 5.74) is 3.52. The van der Waals surface area contributed by atoms with Crippen molar-refractivity contribution in [3.63, 3.8) is 0 Å². The third kappa shape index (κ3) is 4.43. The average Bonchev–Trinajstić information content (AvgIpc) is 3.41. The van der Waals surface area contributed by atoms with Crippen molar-refractivity contribution in [1.82, 2.24) is 14.5 Å². The van der Waals surface area contributed by atoms with E-state index in [0.717, 1.165) is 54.6 Å². The molecule has 0 fully saturated rings. The zero-order valence-corrected chi connectivity index (χ0v) is 21.8. The number of hydrogen-bond donors (Lipinski definition) is 0. The minimum atomic E-state index is -0.329. The van der Waals surface area contributed by atoms with E-state index in [1.807, 2.05) is 48.7 Å². The molecule has 5 rings (SSSR count). The van der Waals surface area contributed by atoms with Crippen molar-refractivity contribution < 1.29 is 4.79 Å². The van der Waals surface area contributed by atoms with Gasteiger partial charge < -0.3 is 9.80 Å². The largest absolute Gasteiger partial charge is 0.311 e. The summed E-state index contributed by atoms with van der Waals surface area (Å²) >= 11 is 3.10. The van der Waals surface area contributed by atoms with E-state index >= 15 is 0 Å². The summed E-state index contributed by atoms with van der Waals surface area (Å²) in [7, 11) is 4.09. The second-order valence-electron chi connectivity index (χ2n) is 9.53. The number of thioether (sulfide) groups is 1. The van der Waals surface area contributed by atoms with Gasteiger partial charge in [-0.1, -0.05) is 30.0 Å². The minimum Gasteiger partial charge on any atom is -0.311 e. The van der Waals surface area contributed by atoms with Gasteiger partial charge in [0.15, 0.2) is 5.16 Å². The van der Waals surface area contributed by atoms with E-state index < -0.39 is 0 Å². The van der Waals surface area contributed by atoms with Crippen molar-refractivity contribution >= 4 is 44.9 Å². The molecule has 0 saturated carbocycles. The fourth-order valence-electron chi connectivity index (χ4n) is 5.05. The van der Waals surface area contributed by atoms with Crippen LogP contribution in [0.4, 0.5) is 5.69 Å². The number of fused-ring (bicyclic) bond motifs is 4. The highest BCUT2D eigenvalue weighted by molar-refractivity contribution is 8.00. The van der Waals surface area contributed by atoms with Gasteiger partial charge in [0.2, 0.25) is 5.91 Å². The van der Waals surface area contributed by atoms with Crippen molar-refractivity contribution in [2.24, 2.45) is 0 Å². The summed E-state index contributed by atoms with van der Waals surface area (Å²) in [6.07, 6.45) is 6.09. The zero-order valence-electron chi connectivity index (χ0n) is 20.2. The summed E-state index contributed by atoms with van der Waals surface area (Å²) in [4.78, 5) is 38.3. The number of para-hydroxylation sites is 1. The van der Waals surface area contributed by atoms with E-state index in [1.54, 1.807) is 11.3 Å². The number of thiophene rings is 1. The van der Waals surface area contributed by atoms with Crippen LogP contribution in [-0.4, -0.2) is 52.8 Å². The van der Waals surface area contributed by atoms with Crippen LogP contribution in [0.2, 0.25) is 0 Å². The number of carbonyl (C=O) groups excluding carboxylic acids is 1. The highest BCUT2D eigenvalue weighted by Crippen LogP contribution is 2.36. The van der Waals surface area contributed by atoms with Crippen LogP contribution in [0.25, 0.3) is 10.2 Å². The first-order valence-electron chi connectivity index (χ1n) is 12.2. The van der Waals surface area contributed by atoms with Crippen LogP contribution in [0.1, 0.15) is 42.2 Å². The average molecular weight is 497 g/mol. The summed E-state index contributed by atoms with van der Waals surface area (Å²) in [5.74, 6) is 0.0783. The SMILES string of the molecule is C[C@H](Sc1nc2sc3c(c2c(=O)n1CCCN(C)C)CCCC3)C(=O)N1CCc2ccccc21. The topological polar surface area (TPSA) is 58.4 Å². The Bertz CT molecular complexity index is 1280. The number of amides is 1. The maximum Gasteiger partial charge on any atom is 0.263 e. The molecule has 8 heteroatoms. The Balaban J connectivity index is 1.47. The zero-order chi connectivity index (χ0) is 23.8. The van der Waals surface area contributed by atoms with Crippen molar-refractivity contribution in [3.05, 3.63) is 50.6 Å². The van der Waals surface area contributed by atoms with E-state index in [0.29, 0.717) is 18.2 Å². The van der Waals surface area contributed by atoms with Crippen molar-refractivity contribution in [3.8, 4) is 0 Å². The first kappa shape index (κ1) is 23.6. The molecule has 0 radical (unpaired) electrons. The van der Waals surface area contributed by atoms with Gasteiger partial charge in [-0.15, -0.1) is 11.3 Å². The summed E-state index contributed by atoms with van der Waals surface area (Å²) < 4.78 is 1.83. The molecule has 3 heterocycles. The monoisotopic (exact) mass is 496 g/mol. The number of carbonyl (C=O) groups is 1. The van der Waals surface area contributed by atoms with Gasteiger partial charge in [-0.05, 0) is 83.3 Å². The Kier molecular flexibility index (Phi) is 6.82. The molecule has 0 saturated heterocycles. The van der Waals surface area contributed by atoms with Crippen molar-refractivity contribution in [2.45, 2.75) is 62.4 Å². The molecule has 1 aromatic carbocycles. The maximum atomic E-state index is 13.7. The number of aromatic nitrogens is 2. The minimum absolute atomic E-state index is 0.0665. The quantitative estimate of drug-likeness (QED) is 0.359. The van der Waals surface area contributed by atoms with E-state index in [2.05, 4.69) is 11.0 Å². The fraction of sp³-hybridized carbons (Fsp3) is 0.500. The first-order valence-corrected chi connectivity index (χ1v) is 13.9. The van der Waals surface area contributed by atoms with E-state index in [1.165, 1.54) is 34.2 Å². The molecule has 3 aromatic rings. The highest BCUT2D eigenvalue weighted by atomic mass is 32.2. The Labute approximate surface area is 209 Å². The summed E-state index contributed by atoms with van der Waals surface area (Å²) in [6, 6.07) is 8.13. The van der Waals surface area contributed by atoms with Gasteiger partial charge >= 0.3 is 0 Å². The molecule has 2 aromatic heterocycles. The summed E-state index contributed by atoms with van der Waals surface area (Å²) in [6.45, 7) is 4.16. The van der Waals surface area contributed by atoms with Gasteiger partial charge in [-0.3, -0.25) is 14.2 Å². The standard InChI is InChI=1S/C26H32N4O2S2/c1-17(24(31)29-16-13-18-9-4-6-11-20(18)29)33-26-27-23-22(19-10-5-7-12-21(19)34-23)25(32)30(26)15-8-14-28(2)3/h4,6,9,11,17H,5,7-8,10,12-16H2,1-3H3/t17-/m0/s1. The predicted molar refractivity (Wildman–Crippen MR) is 142 cm³/mol. The smallest absolute Gasteiger partial charge is 0.263 e.